The molecule has 0 aromatic heterocycles. The number of carboxylic acid groups (broad SMARTS) is 1. The van der Waals surface area contributed by atoms with Crippen molar-refractivity contribution in [3.05, 3.63) is 39.9 Å². The van der Waals surface area contributed by atoms with E-state index in [1.807, 2.05) is 0 Å². The number of alkyl carbamates (subject to hydrolysis) is 1. The highest BCUT2D eigenvalue weighted by atomic mass is 16.6. The Hall–Kier alpha value is -2.64. The molecular formula is C14H18N2O6. The van der Waals surface area contributed by atoms with E-state index in [1.165, 1.54) is 24.3 Å². The highest BCUT2D eigenvalue weighted by Gasteiger charge is 2.27. The average molecular weight is 310 g/mol. The summed E-state index contributed by atoms with van der Waals surface area (Å²) in [6.07, 6.45) is -1.33. The van der Waals surface area contributed by atoms with E-state index in [1.54, 1.807) is 20.8 Å². The molecule has 1 aromatic carbocycles. The Kier molecular flexibility index (Phi) is 5.44. The normalized spacial score (nSPS) is 12.3. The number of nitrogens with one attached hydrogen (secondary N) is 1. The van der Waals surface area contributed by atoms with Gasteiger partial charge in [0.05, 0.1) is 22.9 Å². The van der Waals surface area contributed by atoms with Crippen LogP contribution >= 0.6 is 0 Å². The number of amides is 1. The number of ether oxygens (including phenoxy) is 1. The summed E-state index contributed by atoms with van der Waals surface area (Å²) >= 11 is 0. The number of hydrogen-bond acceptors (Lipinski definition) is 5. The molecule has 0 unspecified atom stereocenters. The third kappa shape index (κ3) is 5.39. The number of benzene rings is 1. The van der Waals surface area contributed by atoms with Crippen LogP contribution in [0.25, 0.3) is 0 Å². The third-order valence-electron chi connectivity index (χ3n) is 2.58. The molecule has 1 atom stereocenters. The summed E-state index contributed by atoms with van der Waals surface area (Å²) in [6, 6.07) is 4.60. The minimum absolute atomic E-state index is 0.112. The molecule has 1 aromatic rings. The molecule has 0 bridgehead atoms. The van der Waals surface area contributed by atoms with Crippen molar-refractivity contribution in [3.63, 3.8) is 0 Å². The summed E-state index contributed by atoms with van der Waals surface area (Å²) in [7, 11) is 0. The fourth-order valence-electron chi connectivity index (χ4n) is 1.81. The molecule has 1 amide bonds. The monoisotopic (exact) mass is 310 g/mol. The van der Waals surface area contributed by atoms with Crippen molar-refractivity contribution in [1.82, 2.24) is 5.32 Å². The van der Waals surface area contributed by atoms with Gasteiger partial charge >= 0.3 is 12.1 Å². The van der Waals surface area contributed by atoms with Gasteiger partial charge in [-0.1, -0.05) is 18.2 Å². The Labute approximate surface area is 127 Å². The number of para-hydroxylation sites is 1. The lowest BCUT2D eigenvalue weighted by Crippen LogP contribution is -2.36. The topological polar surface area (TPSA) is 119 Å². The van der Waals surface area contributed by atoms with Crippen molar-refractivity contribution in [2.45, 2.75) is 38.8 Å². The first kappa shape index (κ1) is 17.4. The molecule has 0 saturated heterocycles. The Morgan fingerprint density at radius 1 is 1.36 bits per heavy atom. The van der Waals surface area contributed by atoms with Gasteiger partial charge in [0.1, 0.15) is 5.60 Å². The molecule has 0 fully saturated rings. The number of carboxylic acids is 1. The molecule has 8 nitrogen and oxygen atoms in total. The van der Waals surface area contributed by atoms with Crippen LogP contribution in [0, 0.1) is 10.1 Å². The number of carbonyl (C=O) groups excluding carboxylic acids is 1. The van der Waals surface area contributed by atoms with E-state index in [2.05, 4.69) is 5.32 Å². The molecule has 0 aliphatic carbocycles. The maximum absolute atomic E-state index is 11.8. The molecular weight excluding hydrogens is 292 g/mol. The highest BCUT2D eigenvalue weighted by molar-refractivity contribution is 5.72. The Bertz CT molecular complexity index is 579. The number of nitrogens with zero attached hydrogens (tertiary/aromatic N) is 1. The van der Waals surface area contributed by atoms with E-state index in [0.29, 0.717) is 0 Å². The first-order valence-electron chi connectivity index (χ1n) is 6.55. The lowest BCUT2D eigenvalue weighted by atomic mass is 10.0. The lowest BCUT2D eigenvalue weighted by molar-refractivity contribution is -0.385. The summed E-state index contributed by atoms with van der Waals surface area (Å²) in [6.45, 7) is 4.97. The first-order valence-corrected chi connectivity index (χ1v) is 6.55. The maximum Gasteiger partial charge on any atom is 0.408 e. The van der Waals surface area contributed by atoms with Gasteiger partial charge in [-0.2, -0.15) is 0 Å². The van der Waals surface area contributed by atoms with Crippen LogP contribution in [0.15, 0.2) is 24.3 Å². The molecule has 0 heterocycles. The van der Waals surface area contributed by atoms with E-state index in [9.17, 15) is 19.7 Å². The van der Waals surface area contributed by atoms with Gasteiger partial charge < -0.3 is 15.2 Å². The van der Waals surface area contributed by atoms with Gasteiger partial charge in [0.25, 0.3) is 5.69 Å². The Balaban J connectivity index is 3.06. The summed E-state index contributed by atoms with van der Waals surface area (Å²) in [5, 5.41) is 22.4. The summed E-state index contributed by atoms with van der Waals surface area (Å²) in [5.41, 5.74) is -0.911. The van der Waals surface area contributed by atoms with Gasteiger partial charge in [-0.3, -0.25) is 14.9 Å². The van der Waals surface area contributed by atoms with Crippen LogP contribution < -0.4 is 5.32 Å². The van der Waals surface area contributed by atoms with Crippen molar-refractivity contribution < 1.29 is 24.4 Å². The largest absolute Gasteiger partial charge is 0.481 e. The van der Waals surface area contributed by atoms with E-state index in [0.717, 1.165) is 0 Å². The van der Waals surface area contributed by atoms with E-state index >= 15 is 0 Å². The number of nitro groups is 1. The predicted molar refractivity (Wildman–Crippen MR) is 77.5 cm³/mol. The fourth-order valence-corrected chi connectivity index (χ4v) is 1.81. The van der Waals surface area contributed by atoms with Gasteiger partial charge in [0.2, 0.25) is 0 Å². The third-order valence-corrected chi connectivity index (χ3v) is 2.58. The molecule has 0 saturated carbocycles. The molecule has 0 spiro atoms. The smallest absolute Gasteiger partial charge is 0.408 e. The van der Waals surface area contributed by atoms with Crippen LogP contribution in [0.5, 0.6) is 0 Å². The quantitative estimate of drug-likeness (QED) is 0.637. The number of aliphatic carboxylic acids is 1. The Morgan fingerprint density at radius 3 is 2.45 bits per heavy atom. The van der Waals surface area contributed by atoms with Gasteiger partial charge in [0, 0.05) is 6.07 Å². The molecule has 2 N–H and O–H groups in total. The minimum Gasteiger partial charge on any atom is -0.481 e. The van der Waals surface area contributed by atoms with Crippen LogP contribution in [0.1, 0.15) is 38.8 Å². The molecule has 1 rings (SSSR count). The van der Waals surface area contributed by atoms with Crippen molar-refractivity contribution in [2.24, 2.45) is 0 Å². The number of rotatable bonds is 5. The SMILES string of the molecule is CC(C)(C)OC(=O)N[C@H](CC(=O)O)c1ccccc1[N+](=O)[O-]. The fraction of sp³-hybridized carbons (Fsp3) is 0.429. The second-order valence-corrected chi connectivity index (χ2v) is 5.61. The molecule has 8 heteroatoms. The van der Waals surface area contributed by atoms with Crippen molar-refractivity contribution in [1.29, 1.82) is 0 Å². The van der Waals surface area contributed by atoms with Crippen LogP contribution in [0.4, 0.5) is 10.5 Å². The maximum atomic E-state index is 11.8. The van der Waals surface area contributed by atoms with Crippen LogP contribution in [-0.4, -0.2) is 27.7 Å². The van der Waals surface area contributed by atoms with Crippen LogP contribution in [0.2, 0.25) is 0 Å². The second-order valence-electron chi connectivity index (χ2n) is 5.61. The lowest BCUT2D eigenvalue weighted by Gasteiger charge is -2.23. The zero-order valence-corrected chi connectivity index (χ0v) is 12.5. The van der Waals surface area contributed by atoms with E-state index in [4.69, 9.17) is 9.84 Å². The van der Waals surface area contributed by atoms with E-state index in [-0.39, 0.29) is 11.3 Å². The van der Waals surface area contributed by atoms with Gasteiger partial charge in [-0.15, -0.1) is 0 Å². The van der Waals surface area contributed by atoms with Gasteiger partial charge in [-0.05, 0) is 20.8 Å². The molecule has 22 heavy (non-hydrogen) atoms. The number of carbonyl (C=O) groups is 2. The summed E-state index contributed by atoms with van der Waals surface area (Å²) < 4.78 is 5.06. The zero-order valence-electron chi connectivity index (χ0n) is 12.5. The summed E-state index contributed by atoms with van der Waals surface area (Å²) in [4.78, 5) is 33.2. The molecule has 0 radical (unpaired) electrons. The molecule has 0 aliphatic rings. The van der Waals surface area contributed by atoms with E-state index < -0.39 is 35.0 Å². The molecule has 120 valence electrons. The van der Waals surface area contributed by atoms with Gasteiger partial charge in [0.15, 0.2) is 0 Å². The zero-order chi connectivity index (χ0) is 16.9. The minimum atomic E-state index is -1.20. The van der Waals surface area contributed by atoms with Gasteiger partial charge in [-0.25, -0.2) is 4.79 Å². The predicted octanol–water partition coefficient (Wildman–Crippen LogP) is 2.64. The average Bonchev–Trinajstić information content (AvgIpc) is 2.35. The van der Waals surface area contributed by atoms with Crippen molar-refractivity contribution >= 4 is 17.7 Å². The first-order chi connectivity index (χ1) is 10.1. The summed E-state index contributed by atoms with van der Waals surface area (Å²) in [5.74, 6) is -1.20. The van der Waals surface area contributed by atoms with Crippen molar-refractivity contribution in [2.75, 3.05) is 0 Å². The molecule has 0 aliphatic heterocycles. The number of nitro benzene ring substituents is 1. The standard InChI is InChI=1S/C14H18N2O6/c1-14(2,3)22-13(19)15-10(8-12(17)18)9-6-4-5-7-11(9)16(20)21/h4-7,10H,8H2,1-3H3,(H,15,19)(H,17,18)/t10-/m1/s1. The highest BCUT2D eigenvalue weighted by Crippen LogP contribution is 2.27. The second kappa shape index (κ2) is 6.88. The van der Waals surface area contributed by atoms with Crippen LogP contribution in [0.3, 0.4) is 0 Å². The van der Waals surface area contributed by atoms with Crippen molar-refractivity contribution in [3.8, 4) is 0 Å². The Morgan fingerprint density at radius 2 is 1.95 bits per heavy atom. The number of hydrogen-bond donors (Lipinski definition) is 2. The van der Waals surface area contributed by atoms with Crippen LogP contribution in [-0.2, 0) is 9.53 Å².